The molecule has 0 radical (unpaired) electrons. The van der Waals surface area contributed by atoms with Crippen molar-refractivity contribution in [1.29, 1.82) is 0 Å². The quantitative estimate of drug-likeness (QED) is 0.702. The Morgan fingerprint density at radius 2 is 2.05 bits per heavy atom. The number of nitrogens with two attached hydrogens (primary N) is 1. The van der Waals surface area contributed by atoms with Gasteiger partial charge in [-0.15, -0.1) is 0 Å². The Bertz CT molecular complexity index is 301. The summed E-state index contributed by atoms with van der Waals surface area (Å²) in [5.41, 5.74) is 5.44. The minimum Gasteiger partial charge on any atom is -0.480 e. The van der Waals surface area contributed by atoms with Crippen molar-refractivity contribution in [1.82, 2.24) is 4.90 Å². The Morgan fingerprint density at radius 1 is 1.42 bits per heavy atom. The average molecular weight is 272 g/mol. The van der Waals surface area contributed by atoms with E-state index in [4.69, 9.17) is 15.6 Å². The standard InChI is InChI=1S/C13H24N2O4/c1-10(3-2-6-14)13(18)15-7-4-11(5-8-15)19-9-12(16)17/h10-11H,2-9,14H2,1H3,(H,16,17). The monoisotopic (exact) mass is 272 g/mol. The molecule has 1 saturated heterocycles. The first-order chi connectivity index (χ1) is 9.04. The zero-order valence-corrected chi connectivity index (χ0v) is 11.5. The van der Waals surface area contributed by atoms with Crippen molar-refractivity contribution in [3.63, 3.8) is 0 Å². The number of likely N-dealkylation sites (tertiary alicyclic amines) is 1. The van der Waals surface area contributed by atoms with Crippen LogP contribution in [0.4, 0.5) is 0 Å². The molecule has 1 fully saturated rings. The molecule has 0 aromatic heterocycles. The van der Waals surface area contributed by atoms with Crippen molar-refractivity contribution in [3.8, 4) is 0 Å². The van der Waals surface area contributed by atoms with E-state index >= 15 is 0 Å². The summed E-state index contributed by atoms with van der Waals surface area (Å²) in [6.45, 7) is 3.59. The third kappa shape index (κ3) is 5.57. The lowest BCUT2D eigenvalue weighted by Gasteiger charge is -2.33. The minimum absolute atomic E-state index is 0.0139. The number of hydrogen-bond donors (Lipinski definition) is 2. The molecule has 0 spiro atoms. The van der Waals surface area contributed by atoms with Crippen molar-refractivity contribution in [3.05, 3.63) is 0 Å². The highest BCUT2D eigenvalue weighted by Gasteiger charge is 2.26. The van der Waals surface area contributed by atoms with Gasteiger partial charge < -0.3 is 20.5 Å². The highest BCUT2D eigenvalue weighted by atomic mass is 16.5. The molecular formula is C13H24N2O4. The van der Waals surface area contributed by atoms with Crippen LogP contribution >= 0.6 is 0 Å². The molecule has 0 bridgehead atoms. The zero-order chi connectivity index (χ0) is 14.3. The third-order valence-electron chi connectivity index (χ3n) is 3.46. The smallest absolute Gasteiger partial charge is 0.329 e. The van der Waals surface area contributed by atoms with Crippen molar-refractivity contribution < 1.29 is 19.4 Å². The molecule has 6 heteroatoms. The van der Waals surface area contributed by atoms with Gasteiger partial charge in [-0.1, -0.05) is 6.92 Å². The van der Waals surface area contributed by atoms with Crippen LogP contribution in [0.3, 0.4) is 0 Å². The second kappa shape index (κ2) is 8.12. The van der Waals surface area contributed by atoms with Crippen LogP contribution in [0.1, 0.15) is 32.6 Å². The Morgan fingerprint density at radius 3 is 2.58 bits per heavy atom. The fourth-order valence-corrected chi connectivity index (χ4v) is 2.29. The molecule has 110 valence electrons. The van der Waals surface area contributed by atoms with Crippen molar-refractivity contribution >= 4 is 11.9 Å². The van der Waals surface area contributed by atoms with Gasteiger partial charge in [-0.3, -0.25) is 4.79 Å². The van der Waals surface area contributed by atoms with Crippen molar-refractivity contribution in [2.45, 2.75) is 38.7 Å². The predicted octanol–water partition coefficient (Wildman–Crippen LogP) is 0.454. The van der Waals surface area contributed by atoms with Crippen LogP contribution < -0.4 is 5.73 Å². The fourth-order valence-electron chi connectivity index (χ4n) is 2.29. The molecule has 1 atom stereocenters. The maximum atomic E-state index is 12.1. The first-order valence-corrected chi connectivity index (χ1v) is 6.86. The van der Waals surface area contributed by atoms with Gasteiger partial charge in [0, 0.05) is 19.0 Å². The van der Waals surface area contributed by atoms with E-state index in [1.807, 2.05) is 11.8 Å². The number of carboxylic acid groups (broad SMARTS) is 1. The van der Waals surface area contributed by atoms with E-state index in [0.717, 1.165) is 12.8 Å². The van der Waals surface area contributed by atoms with Gasteiger partial charge in [0.15, 0.2) is 0 Å². The molecule has 0 aromatic rings. The van der Waals surface area contributed by atoms with Crippen LogP contribution in [0.2, 0.25) is 0 Å². The number of nitrogens with zero attached hydrogens (tertiary/aromatic N) is 1. The summed E-state index contributed by atoms with van der Waals surface area (Å²) >= 11 is 0. The van der Waals surface area contributed by atoms with Gasteiger partial charge in [0.1, 0.15) is 6.61 Å². The highest BCUT2D eigenvalue weighted by molar-refractivity contribution is 5.78. The second-order valence-electron chi connectivity index (χ2n) is 5.06. The molecule has 1 unspecified atom stereocenters. The lowest BCUT2D eigenvalue weighted by Crippen LogP contribution is -2.43. The molecule has 3 N–H and O–H groups in total. The summed E-state index contributed by atoms with van der Waals surface area (Å²) in [5, 5.41) is 8.54. The van der Waals surface area contributed by atoms with Gasteiger partial charge in [-0.25, -0.2) is 4.79 Å². The van der Waals surface area contributed by atoms with E-state index in [1.54, 1.807) is 0 Å². The van der Waals surface area contributed by atoms with Crippen LogP contribution in [0.5, 0.6) is 0 Å². The number of piperidine rings is 1. The number of carbonyl (C=O) groups is 2. The topological polar surface area (TPSA) is 92.9 Å². The number of carbonyl (C=O) groups excluding carboxylic acids is 1. The molecule has 0 saturated carbocycles. The number of aliphatic carboxylic acids is 1. The summed E-state index contributed by atoms with van der Waals surface area (Å²) < 4.78 is 5.24. The number of amides is 1. The highest BCUT2D eigenvalue weighted by Crippen LogP contribution is 2.17. The van der Waals surface area contributed by atoms with Crippen LogP contribution in [-0.4, -0.2) is 54.2 Å². The molecule has 1 aliphatic rings. The van der Waals surface area contributed by atoms with Gasteiger partial charge in [-0.05, 0) is 32.2 Å². The summed E-state index contributed by atoms with van der Waals surface area (Å²) in [7, 11) is 0. The van der Waals surface area contributed by atoms with Gasteiger partial charge in [0.25, 0.3) is 0 Å². The van der Waals surface area contributed by atoms with Crippen LogP contribution in [0.25, 0.3) is 0 Å². The third-order valence-corrected chi connectivity index (χ3v) is 3.46. The zero-order valence-electron chi connectivity index (χ0n) is 11.5. The van der Waals surface area contributed by atoms with E-state index in [9.17, 15) is 9.59 Å². The number of ether oxygens (including phenoxy) is 1. The first-order valence-electron chi connectivity index (χ1n) is 6.86. The summed E-state index contributed by atoms with van der Waals surface area (Å²) in [5.74, 6) is -0.765. The molecule has 19 heavy (non-hydrogen) atoms. The van der Waals surface area contributed by atoms with E-state index < -0.39 is 5.97 Å². The minimum atomic E-state index is -0.950. The molecule has 1 heterocycles. The molecule has 0 aromatic carbocycles. The summed E-state index contributed by atoms with van der Waals surface area (Å²) in [4.78, 5) is 24.4. The maximum absolute atomic E-state index is 12.1. The van der Waals surface area contributed by atoms with Crippen molar-refractivity contribution in [2.24, 2.45) is 11.7 Å². The van der Waals surface area contributed by atoms with Crippen molar-refractivity contribution in [2.75, 3.05) is 26.2 Å². The van der Waals surface area contributed by atoms with Crippen LogP contribution in [0, 0.1) is 5.92 Å². The normalized spacial score (nSPS) is 18.3. The van der Waals surface area contributed by atoms with Gasteiger partial charge in [-0.2, -0.15) is 0 Å². The molecule has 1 aliphatic heterocycles. The number of carboxylic acids is 1. The van der Waals surface area contributed by atoms with Gasteiger partial charge in [0.05, 0.1) is 6.10 Å². The Labute approximate surface area is 113 Å². The summed E-state index contributed by atoms with van der Waals surface area (Å²) in [6, 6.07) is 0. The van der Waals surface area contributed by atoms with Gasteiger partial charge >= 0.3 is 5.97 Å². The fraction of sp³-hybridized carbons (Fsp3) is 0.846. The Hall–Kier alpha value is -1.14. The second-order valence-corrected chi connectivity index (χ2v) is 5.06. The van der Waals surface area contributed by atoms with E-state index in [0.29, 0.717) is 32.5 Å². The van der Waals surface area contributed by atoms with E-state index in [2.05, 4.69) is 0 Å². The average Bonchev–Trinajstić information content (AvgIpc) is 2.42. The molecule has 1 rings (SSSR count). The molecular weight excluding hydrogens is 248 g/mol. The van der Waals surface area contributed by atoms with E-state index in [-0.39, 0.29) is 24.5 Å². The SMILES string of the molecule is CC(CCCN)C(=O)N1CCC(OCC(=O)O)CC1. The lowest BCUT2D eigenvalue weighted by atomic mass is 10.0. The Kier molecular flexibility index (Phi) is 6.80. The predicted molar refractivity (Wildman–Crippen MR) is 70.6 cm³/mol. The van der Waals surface area contributed by atoms with E-state index in [1.165, 1.54) is 0 Å². The Balaban J connectivity index is 2.28. The van der Waals surface area contributed by atoms with Crippen LogP contribution in [-0.2, 0) is 14.3 Å². The molecule has 1 amide bonds. The first kappa shape index (κ1) is 15.9. The largest absolute Gasteiger partial charge is 0.480 e. The van der Waals surface area contributed by atoms with Gasteiger partial charge in [0.2, 0.25) is 5.91 Å². The molecule has 6 nitrogen and oxygen atoms in total. The molecule has 0 aliphatic carbocycles. The lowest BCUT2D eigenvalue weighted by molar-refractivity contribution is -0.147. The number of hydrogen-bond acceptors (Lipinski definition) is 4. The summed E-state index contributed by atoms with van der Waals surface area (Å²) in [6.07, 6.45) is 3.07. The maximum Gasteiger partial charge on any atom is 0.329 e. The number of rotatable bonds is 7. The van der Waals surface area contributed by atoms with Crippen LogP contribution in [0.15, 0.2) is 0 Å².